The lowest BCUT2D eigenvalue weighted by molar-refractivity contribution is -0.117. The van der Waals surface area contributed by atoms with E-state index in [2.05, 4.69) is 4.72 Å². The molecule has 3 N–H and O–H groups in total. The summed E-state index contributed by atoms with van der Waals surface area (Å²) in [4.78, 5) is 13.9. The second kappa shape index (κ2) is 5.43. The summed E-state index contributed by atoms with van der Waals surface area (Å²) < 4.78 is 24.3. The molecule has 0 atom stereocenters. The van der Waals surface area contributed by atoms with Gasteiger partial charge in [0.15, 0.2) is 0 Å². The number of carbonyl (C=O) groups is 1. The van der Waals surface area contributed by atoms with Gasteiger partial charge in [-0.3, -0.25) is 9.52 Å². The molecule has 0 saturated heterocycles. The smallest absolute Gasteiger partial charge is 0.296 e. The van der Waals surface area contributed by atoms with Crippen LogP contribution in [0, 0.1) is 0 Å². The van der Waals surface area contributed by atoms with Gasteiger partial charge in [0.25, 0.3) is 10.2 Å². The summed E-state index contributed by atoms with van der Waals surface area (Å²) in [5.41, 5.74) is 2.98. The van der Waals surface area contributed by atoms with Crippen molar-refractivity contribution in [1.29, 1.82) is 0 Å². The van der Waals surface area contributed by atoms with Crippen LogP contribution in [-0.4, -0.2) is 14.3 Å². The Labute approximate surface area is 128 Å². The Bertz CT molecular complexity index is 819. The van der Waals surface area contributed by atoms with Crippen molar-refractivity contribution in [2.45, 2.75) is 13.0 Å². The second-order valence-corrected chi connectivity index (χ2v) is 6.43. The van der Waals surface area contributed by atoms with Gasteiger partial charge in [0, 0.05) is 5.69 Å². The third-order valence-electron chi connectivity index (χ3n) is 3.46. The number of amides is 1. The van der Waals surface area contributed by atoms with E-state index in [9.17, 15) is 13.2 Å². The normalized spacial score (nSPS) is 14.0. The highest BCUT2D eigenvalue weighted by Crippen LogP contribution is 2.32. The van der Waals surface area contributed by atoms with Gasteiger partial charge in [-0.1, -0.05) is 30.3 Å². The number of anilines is 2. The van der Waals surface area contributed by atoms with Crippen LogP contribution in [0.2, 0.25) is 0 Å². The molecular formula is C15H15N3O3S. The van der Waals surface area contributed by atoms with Crippen molar-refractivity contribution in [2.24, 2.45) is 5.14 Å². The van der Waals surface area contributed by atoms with Crippen LogP contribution in [0.25, 0.3) is 0 Å². The Kier molecular flexibility index (Phi) is 3.59. The Morgan fingerprint density at radius 2 is 1.86 bits per heavy atom. The van der Waals surface area contributed by atoms with Crippen molar-refractivity contribution in [3.63, 3.8) is 0 Å². The highest BCUT2D eigenvalue weighted by Gasteiger charge is 2.27. The van der Waals surface area contributed by atoms with E-state index in [-0.39, 0.29) is 12.3 Å². The van der Waals surface area contributed by atoms with Gasteiger partial charge in [-0.15, -0.1) is 0 Å². The molecular weight excluding hydrogens is 302 g/mol. The van der Waals surface area contributed by atoms with Crippen molar-refractivity contribution in [1.82, 2.24) is 0 Å². The summed E-state index contributed by atoms with van der Waals surface area (Å²) in [6.45, 7) is 0.495. The van der Waals surface area contributed by atoms with Crippen molar-refractivity contribution in [3.05, 3.63) is 59.7 Å². The van der Waals surface area contributed by atoms with Crippen molar-refractivity contribution in [2.75, 3.05) is 9.62 Å². The van der Waals surface area contributed by atoms with Crippen molar-refractivity contribution < 1.29 is 13.2 Å². The number of nitrogens with two attached hydrogens (primary N) is 1. The molecule has 0 aromatic heterocycles. The standard InChI is InChI=1S/C15H15N3O3S/c16-22(20,21)17-13-6-7-14-12(8-13)9-15(19)18(14)10-11-4-2-1-3-5-11/h1-8,17H,9-10H2,(H2,16,20,21). The van der Waals surface area contributed by atoms with Crippen LogP contribution in [0.3, 0.4) is 0 Å². The Morgan fingerprint density at radius 3 is 2.55 bits per heavy atom. The fourth-order valence-electron chi connectivity index (χ4n) is 2.55. The van der Waals surface area contributed by atoms with E-state index < -0.39 is 10.2 Å². The Balaban J connectivity index is 1.87. The lowest BCUT2D eigenvalue weighted by Gasteiger charge is -2.18. The molecule has 2 aromatic rings. The third-order valence-corrected chi connectivity index (χ3v) is 3.98. The molecule has 22 heavy (non-hydrogen) atoms. The van der Waals surface area contributed by atoms with E-state index in [1.165, 1.54) is 0 Å². The summed E-state index contributed by atoms with van der Waals surface area (Å²) >= 11 is 0. The van der Waals surface area contributed by atoms with Gasteiger partial charge in [0.05, 0.1) is 18.7 Å². The molecule has 7 heteroatoms. The highest BCUT2D eigenvalue weighted by atomic mass is 32.2. The van der Waals surface area contributed by atoms with Crippen LogP contribution < -0.4 is 14.8 Å². The van der Waals surface area contributed by atoms with Gasteiger partial charge in [-0.2, -0.15) is 8.42 Å². The molecule has 114 valence electrons. The molecule has 0 saturated carbocycles. The SMILES string of the molecule is NS(=O)(=O)Nc1ccc2c(c1)CC(=O)N2Cc1ccccc1. The van der Waals surface area contributed by atoms with E-state index in [4.69, 9.17) is 5.14 Å². The lowest BCUT2D eigenvalue weighted by atomic mass is 10.1. The maximum absolute atomic E-state index is 12.2. The number of fused-ring (bicyclic) bond motifs is 1. The molecule has 1 aliphatic rings. The zero-order chi connectivity index (χ0) is 15.7. The number of hydrogen-bond donors (Lipinski definition) is 2. The molecule has 3 rings (SSSR count). The second-order valence-electron chi connectivity index (χ2n) is 5.13. The maximum atomic E-state index is 12.2. The number of nitrogens with zero attached hydrogens (tertiary/aromatic N) is 1. The zero-order valence-corrected chi connectivity index (χ0v) is 12.5. The van der Waals surface area contributed by atoms with Crippen LogP contribution in [0.4, 0.5) is 11.4 Å². The fourth-order valence-corrected chi connectivity index (χ4v) is 3.01. The number of benzene rings is 2. The number of rotatable bonds is 4. The maximum Gasteiger partial charge on any atom is 0.296 e. The van der Waals surface area contributed by atoms with Crippen LogP contribution in [-0.2, 0) is 28.0 Å². The van der Waals surface area contributed by atoms with Crippen LogP contribution in [0.5, 0.6) is 0 Å². The van der Waals surface area contributed by atoms with Crippen LogP contribution in [0.15, 0.2) is 48.5 Å². The molecule has 0 aliphatic carbocycles. The average Bonchev–Trinajstić information content (AvgIpc) is 2.74. The van der Waals surface area contributed by atoms with Gasteiger partial charge in [0.2, 0.25) is 5.91 Å². The summed E-state index contributed by atoms with van der Waals surface area (Å²) in [7, 11) is -3.82. The molecule has 0 radical (unpaired) electrons. The number of carbonyl (C=O) groups excluding carboxylic acids is 1. The molecule has 0 spiro atoms. The summed E-state index contributed by atoms with van der Waals surface area (Å²) in [6.07, 6.45) is 0.252. The van der Waals surface area contributed by atoms with Crippen LogP contribution in [0.1, 0.15) is 11.1 Å². The molecule has 2 aromatic carbocycles. The molecule has 1 aliphatic heterocycles. The number of nitrogens with one attached hydrogen (secondary N) is 1. The predicted molar refractivity (Wildman–Crippen MR) is 84.5 cm³/mol. The first-order chi connectivity index (χ1) is 10.4. The zero-order valence-electron chi connectivity index (χ0n) is 11.7. The minimum atomic E-state index is -3.82. The topological polar surface area (TPSA) is 92.5 Å². The van der Waals surface area contributed by atoms with E-state index in [1.807, 2.05) is 30.3 Å². The van der Waals surface area contributed by atoms with E-state index in [1.54, 1.807) is 23.1 Å². The summed E-state index contributed by atoms with van der Waals surface area (Å²) in [5.74, 6) is -0.00777. The average molecular weight is 317 g/mol. The Morgan fingerprint density at radius 1 is 1.14 bits per heavy atom. The van der Waals surface area contributed by atoms with E-state index in [0.29, 0.717) is 12.2 Å². The van der Waals surface area contributed by atoms with E-state index >= 15 is 0 Å². The molecule has 6 nitrogen and oxygen atoms in total. The monoisotopic (exact) mass is 317 g/mol. The first-order valence-electron chi connectivity index (χ1n) is 6.70. The molecule has 1 heterocycles. The number of hydrogen-bond acceptors (Lipinski definition) is 3. The predicted octanol–water partition coefficient (Wildman–Crippen LogP) is 1.39. The molecule has 0 unspecified atom stereocenters. The fraction of sp³-hybridized carbons (Fsp3) is 0.133. The van der Waals surface area contributed by atoms with E-state index in [0.717, 1.165) is 16.8 Å². The molecule has 1 amide bonds. The minimum absolute atomic E-state index is 0.00777. The summed E-state index contributed by atoms with van der Waals surface area (Å²) in [5, 5.41) is 4.95. The van der Waals surface area contributed by atoms with Gasteiger partial charge in [0.1, 0.15) is 0 Å². The van der Waals surface area contributed by atoms with Crippen molar-refractivity contribution >= 4 is 27.5 Å². The minimum Gasteiger partial charge on any atom is -0.307 e. The van der Waals surface area contributed by atoms with Gasteiger partial charge >= 0.3 is 0 Å². The lowest BCUT2D eigenvalue weighted by Crippen LogP contribution is -2.25. The van der Waals surface area contributed by atoms with Crippen molar-refractivity contribution in [3.8, 4) is 0 Å². The van der Waals surface area contributed by atoms with Gasteiger partial charge < -0.3 is 4.90 Å². The largest absolute Gasteiger partial charge is 0.307 e. The Hall–Kier alpha value is -2.38. The highest BCUT2D eigenvalue weighted by molar-refractivity contribution is 7.90. The summed E-state index contributed by atoms with van der Waals surface area (Å²) in [6, 6.07) is 14.7. The van der Waals surface area contributed by atoms with Gasteiger partial charge in [-0.05, 0) is 29.3 Å². The van der Waals surface area contributed by atoms with Gasteiger partial charge in [-0.25, -0.2) is 5.14 Å². The molecule has 0 bridgehead atoms. The quantitative estimate of drug-likeness (QED) is 0.892. The van der Waals surface area contributed by atoms with Crippen LogP contribution >= 0.6 is 0 Å². The third kappa shape index (κ3) is 3.10. The first kappa shape index (κ1) is 14.6. The molecule has 0 fully saturated rings. The first-order valence-corrected chi connectivity index (χ1v) is 8.25.